The summed E-state index contributed by atoms with van der Waals surface area (Å²) in [4.78, 5) is 4.31. The molecule has 0 amide bonds. The van der Waals surface area contributed by atoms with Gasteiger partial charge < -0.3 is 4.42 Å². The zero-order chi connectivity index (χ0) is 20.3. The van der Waals surface area contributed by atoms with Crippen LogP contribution in [0, 0.1) is 0 Å². The van der Waals surface area contributed by atoms with Gasteiger partial charge in [0.15, 0.2) is 5.76 Å². The molecular formula is C22H17ClN2O3S. The molecule has 0 aliphatic rings. The second kappa shape index (κ2) is 8.21. The van der Waals surface area contributed by atoms with E-state index in [1.165, 1.54) is 0 Å². The third kappa shape index (κ3) is 4.24. The minimum atomic E-state index is -3.95. The molecule has 0 aliphatic carbocycles. The fraction of sp³-hybridized carbons (Fsp3) is 0.0455. The maximum atomic E-state index is 13.1. The van der Waals surface area contributed by atoms with E-state index in [0.717, 1.165) is 0 Å². The average Bonchev–Trinajstić information content (AvgIpc) is 3.21. The topological polar surface area (TPSA) is 72.2 Å². The van der Waals surface area contributed by atoms with Crippen LogP contribution in [0.4, 0.5) is 0 Å². The number of hydrogen-bond acceptors (Lipinski definition) is 4. The molecule has 1 aromatic heterocycles. The van der Waals surface area contributed by atoms with Crippen molar-refractivity contribution in [1.29, 1.82) is 0 Å². The minimum absolute atomic E-state index is 0.0454. The summed E-state index contributed by atoms with van der Waals surface area (Å²) in [7, 11) is -3.95. The van der Waals surface area contributed by atoms with Crippen molar-refractivity contribution < 1.29 is 12.8 Å². The van der Waals surface area contributed by atoms with Crippen molar-refractivity contribution >= 4 is 21.6 Å². The molecule has 29 heavy (non-hydrogen) atoms. The van der Waals surface area contributed by atoms with E-state index in [-0.39, 0.29) is 23.2 Å². The van der Waals surface area contributed by atoms with Gasteiger partial charge in [0.05, 0.1) is 0 Å². The highest BCUT2D eigenvalue weighted by Crippen LogP contribution is 2.32. The molecule has 5 nitrogen and oxygen atoms in total. The molecule has 1 N–H and O–H groups in total. The van der Waals surface area contributed by atoms with Crippen LogP contribution < -0.4 is 4.72 Å². The number of benzene rings is 3. The molecule has 4 rings (SSSR count). The number of oxazole rings is 1. The quantitative estimate of drug-likeness (QED) is 0.465. The predicted molar refractivity (Wildman–Crippen MR) is 113 cm³/mol. The number of nitrogens with one attached hydrogen (secondary N) is 1. The van der Waals surface area contributed by atoms with E-state index in [1.807, 2.05) is 48.5 Å². The van der Waals surface area contributed by atoms with E-state index in [9.17, 15) is 8.42 Å². The Bertz CT molecular complexity index is 1220. The van der Waals surface area contributed by atoms with E-state index < -0.39 is 10.0 Å². The molecule has 0 radical (unpaired) electrons. The molecule has 0 saturated carbocycles. The molecule has 1 heterocycles. The van der Waals surface area contributed by atoms with Crippen LogP contribution in [0.3, 0.4) is 0 Å². The molecule has 0 unspecified atom stereocenters. The van der Waals surface area contributed by atoms with Gasteiger partial charge in [0.2, 0.25) is 10.9 Å². The zero-order valence-electron chi connectivity index (χ0n) is 15.2. The Morgan fingerprint density at radius 2 is 1.41 bits per heavy atom. The Morgan fingerprint density at radius 1 is 0.828 bits per heavy atom. The lowest BCUT2D eigenvalue weighted by atomic mass is 10.2. The molecule has 7 heteroatoms. The summed E-state index contributed by atoms with van der Waals surface area (Å²) >= 11 is 6.14. The molecule has 0 spiro atoms. The lowest BCUT2D eigenvalue weighted by Gasteiger charge is -2.07. The van der Waals surface area contributed by atoms with Gasteiger partial charge in [0.25, 0.3) is 10.0 Å². The summed E-state index contributed by atoms with van der Waals surface area (Å²) in [6.07, 6.45) is 0. The van der Waals surface area contributed by atoms with Crippen molar-refractivity contribution in [2.45, 2.75) is 11.6 Å². The van der Waals surface area contributed by atoms with Crippen molar-refractivity contribution in [2.24, 2.45) is 0 Å². The third-order valence-corrected chi connectivity index (χ3v) is 6.00. The van der Waals surface area contributed by atoms with Crippen LogP contribution in [0.2, 0.25) is 5.02 Å². The fourth-order valence-corrected chi connectivity index (χ4v) is 4.14. The highest BCUT2D eigenvalue weighted by Gasteiger charge is 2.27. The van der Waals surface area contributed by atoms with Crippen LogP contribution in [0.1, 0.15) is 5.56 Å². The highest BCUT2D eigenvalue weighted by atomic mass is 35.5. The first-order valence-corrected chi connectivity index (χ1v) is 10.8. The maximum Gasteiger partial charge on any atom is 0.262 e. The first-order valence-electron chi connectivity index (χ1n) is 8.89. The Balaban J connectivity index is 1.75. The van der Waals surface area contributed by atoms with Gasteiger partial charge in [0.1, 0.15) is 0 Å². The average molecular weight is 425 g/mol. The van der Waals surface area contributed by atoms with Crippen LogP contribution in [0.25, 0.3) is 22.8 Å². The monoisotopic (exact) mass is 424 g/mol. The molecule has 0 saturated heterocycles. The molecule has 0 bridgehead atoms. The molecular weight excluding hydrogens is 408 g/mol. The number of aromatic nitrogens is 1. The van der Waals surface area contributed by atoms with Crippen LogP contribution >= 0.6 is 11.6 Å². The molecule has 0 fully saturated rings. The van der Waals surface area contributed by atoms with Crippen molar-refractivity contribution in [3.05, 3.63) is 95.5 Å². The molecule has 146 valence electrons. The second-order valence-corrected chi connectivity index (χ2v) is 8.39. The molecule has 4 aromatic rings. The first-order chi connectivity index (χ1) is 14.0. The number of rotatable bonds is 6. The summed E-state index contributed by atoms with van der Waals surface area (Å²) in [5.41, 5.74) is 1.99. The van der Waals surface area contributed by atoms with Crippen molar-refractivity contribution in [1.82, 2.24) is 9.71 Å². The number of sulfonamides is 1. The lowest BCUT2D eigenvalue weighted by molar-refractivity contribution is 0.571. The molecule has 3 aromatic carbocycles. The van der Waals surface area contributed by atoms with Crippen LogP contribution in [0.5, 0.6) is 0 Å². The van der Waals surface area contributed by atoms with Crippen LogP contribution in [0.15, 0.2) is 94.4 Å². The zero-order valence-corrected chi connectivity index (χ0v) is 16.8. The summed E-state index contributed by atoms with van der Waals surface area (Å²) in [6, 6.07) is 25.3. The van der Waals surface area contributed by atoms with Gasteiger partial charge in [-0.15, -0.1) is 0 Å². The fourth-order valence-electron chi connectivity index (χ4n) is 2.85. The predicted octanol–water partition coefficient (Wildman–Crippen LogP) is 5.14. The summed E-state index contributed by atoms with van der Waals surface area (Å²) in [6.45, 7) is 0.0454. The second-order valence-electron chi connectivity index (χ2n) is 6.30. The Hall–Kier alpha value is -2.93. The third-order valence-electron chi connectivity index (χ3n) is 4.32. The van der Waals surface area contributed by atoms with Gasteiger partial charge in [-0.2, -0.15) is 4.98 Å². The summed E-state index contributed by atoms with van der Waals surface area (Å²) in [5.74, 6) is 0.429. The Kier molecular flexibility index (Phi) is 5.49. The SMILES string of the molecule is O=S(=O)(NCc1ccccc1Cl)c1nc(-c2ccccc2)oc1-c1ccccc1. The van der Waals surface area contributed by atoms with Gasteiger partial charge in [0, 0.05) is 22.7 Å². The summed E-state index contributed by atoms with van der Waals surface area (Å²) in [5, 5.41) is 0.332. The highest BCUT2D eigenvalue weighted by molar-refractivity contribution is 7.89. The minimum Gasteiger partial charge on any atom is -0.435 e. The number of nitrogens with zero attached hydrogens (tertiary/aromatic N) is 1. The van der Waals surface area contributed by atoms with Gasteiger partial charge >= 0.3 is 0 Å². The van der Waals surface area contributed by atoms with Gasteiger partial charge in [-0.1, -0.05) is 78.3 Å². The van der Waals surface area contributed by atoms with Crippen LogP contribution in [-0.2, 0) is 16.6 Å². The lowest BCUT2D eigenvalue weighted by Crippen LogP contribution is -2.24. The summed E-state index contributed by atoms with van der Waals surface area (Å²) < 4.78 is 34.6. The van der Waals surface area contributed by atoms with E-state index in [0.29, 0.717) is 21.7 Å². The van der Waals surface area contributed by atoms with Crippen molar-refractivity contribution in [3.63, 3.8) is 0 Å². The van der Waals surface area contributed by atoms with Crippen molar-refractivity contribution in [3.8, 4) is 22.8 Å². The Labute approximate surface area is 174 Å². The number of hydrogen-bond donors (Lipinski definition) is 1. The number of halogens is 1. The van der Waals surface area contributed by atoms with Gasteiger partial charge in [-0.3, -0.25) is 0 Å². The first kappa shape index (κ1) is 19.4. The maximum absolute atomic E-state index is 13.1. The standard InChI is InChI=1S/C22H17ClN2O3S/c23-19-14-8-7-13-18(19)15-24-29(26,27)22-20(16-9-3-1-4-10-16)28-21(25-22)17-11-5-2-6-12-17/h1-14,24H,15H2. The molecule has 0 atom stereocenters. The van der Waals surface area contributed by atoms with Gasteiger partial charge in [-0.05, 0) is 23.8 Å². The van der Waals surface area contributed by atoms with Crippen molar-refractivity contribution in [2.75, 3.05) is 0 Å². The van der Waals surface area contributed by atoms with Crippen LogP contribution in [-0.4, -0.2) is 13.4 Å². The Morgan fingerprint density at radius 3 is 2.07 bits per heavy atom. The molecule has 0 aliphatic heterocycles. The van der Waals surface area contributed by atoms with E-state index in [2.05, 4.69) is 9.71 Å². The smallest absolute Gasteiger partial charge is 0.262 e. The van der Waals surface area contributed by atoms with E-state index >= 15 is 0 Å². The van der Waals surface area contributed by atoms with E-state index in [1.54, 1.807) is 36.4 Å². The normalized spacial score (nSPS) is 11.5. The largest absolute Gasteiger partial charge is 0.435 e. The van der Waals surface area contributed by atoms with Gasteiger partial charge in [-0.25, -0.2) is 13.1 Å². The van der Waals surface area contributed by atoms with E-state index in [4.69, 9.17) is 16.0 Å².